The SMILES string of the molecule is CCOC(=O)NNC(=Nc1ccccc1)c1ccccc1. The van der Waals surface area contributed by atoms with E-state index in [1.165, 1.54) is 0 Å². The smallest absolute Gasteiger partial charge is 0.425 e. The van der Waals surface area contributed by atoms with Crippen molar-refractivity contribution in [2.24, 2.45) is 4.99 Å². The molecule has 21 heavy (non-hydrogen) atoms. The third kappa shape index (κ3) is 4.65. The Morgan fingerprint density at radius 2 is 1.62 bits per heavy atom. The molecule has 2 aromatic rings. The van der Waals surface area contributed by atoms with Gasteiger partial charge in [0.15, 0.2) is 5.84 Å². The van der Waals surface area contributed by atoms with Crippen LogP contribution >= 0.6 is 0 Å². The summed E-state index contributed by atoms with van der Waals surface area (Å²) in [6.07, 6.45) is -0.547. The summed E-state index contributed by atoms with van der Waals surface area (Å²) in [6.45, 7) is 2.06. The van der Waals surface area contributed by atoms with Gasteiger partial charge in [-0.15, -0.1) is 0 Å². The number of hydrogen-bond acceptors (Lipinski definition) is 3. The molecular weight excluding hydrogens is 266 g/mol. The fraction of sp³-hybridized carbons (Fsp3) is 0.125. The van der Waals surface area contributed by atoms with Crippen molar-refractivity contribution < 1.29 is 9.53 Å². The predicted molar refractivity (Wildman–Crippen MR) is 82.4 cm³/mol. The van der Waals surface area contributed by atoms with E-state index in [1.54, 1.807) is 6.92 Å². The normalized spacial score (nSPS) is 10.8. The number of para-hydroxylation sites is 1. The molecule has 5 nitrogen and oxygen atoms in total. The molecule has 2 N–H and O–H groups in total. The average molecular weight is 283 g/mol. The summed E-state index contributed by atoms with van der Waals surface area (Å²) >= 11 is 0. The number of rotatable bonds is 3. The lowest BCUT2D eigenvalue weighted by molar-refractivity contribution is 0.150. The molecule has 1 amide bonds. The van der Waals surface area contributed by atoms with Gasteiger partial charge >= 0.3 is 6.09 Å². The number of carbonyl (C=O) groups is 1. The van der Waals surface area contributed by atoms with E-state index < -0.39 is 6.09 Å². The topological polar surface area (TPSA) is 62.7 Å². The van der Waals surface area contributed by atoms with Crippen molar-refractivity contribution in [1.82, 2.24) is 10.9 Å². The van der Waals surface area contributed by atoms with Gasteiger partial charge in [0, 0.05) is 5.56 Å². The lowest BCUT2D eigenvalue weighted by Gasteiger charge is -2.11. The second-order valence-corrected chi connectivity index (χ2v) is 4.13. The minimum atomic E-state index is -0.547. The summed E-state index contributed by atoms with van der Waals surface area (Å²) in [5.41, 5.74) is 6.90. The van der Waals surface area contributed by atoms with Gasteiger partial charge in [0.05, 0.1) is 12.3 Å². The van der Waals surface area contributed by atoms with Gasteiger partial charge in [-0.25, -0.2) is 15.2 Å². The van der Waals surface area contributed by atoms with Crippen LogP contribution in [-0.4, -0.2) is 18.5 Å². The maximum absolute atomic E-state index is 11.4. The number of aliphatic imine (C=N–C) groups is 1. The highest BCUT2D eigenvalue weighted by Gasteiger charge is 2.05. The van der Waals surface area contributed by atoms with Crippen molar-refractivity contribution >= 4 is 17.6 Å². The first-order valence-corrected chi connectivity index (χ1v) is 6.67. The Hall–Kier alpha value is -2.82. The fourth-order valence-electron chi connectivity index (χ4n) is 1.67. The van der Waals surface area contributed by atoms with E-state index in [1.807, 2.05) is 60.7 Å². The minimum absolute atomic E-state index is 0.310. The summed E-state index contributed by atoms with van der Waals surface area (Å²) in [5.74, 6) is 0.537. The van der Waals surface area contributed by atoms with E-state index in [9.17, 15) is 4.79 Å². The molecule has 0 bridgehead atoms. The van der Waals surface area contributed by atoms with Crippen molar-refractivity contribution in [2.75, 3.05) is 6.61 Å². The number of carbonyl (C=O) groups excluding carboxylic acids is 1. The summed E-state index contributed by atoms with van der Waals surface area (Å²) in [7, 11) is 0. The molecule has 108 valence electrons. The highest BCUT2D eigenvalue weighted by Crippen LogP contribution is 2.12. The van der Waals surface area contributed by atoms with E-state index in [2.05, 4.69) is 15.8 Å². The van der Waals surface area contributed by atoms with Crippen molar-refractivity contribution in [3.8, 4) is 0 Å². The highest BCUT2D eigenvalue weighted by atomic mass is 16.5. The van der Waals surface area contributed by atoms with E-state index in [4.69, 9.17) is 4.74 Å². The molecule has 0 spiro atoms. The lowest BCUT2D eigenvalue weighted by atomic mass is 10.2. The van der Waals surface area contributed by atoms with Crippen LogP contribution in [0.15, 0.2) is 65.7 Å². The first-order chi connectivity index (χ1) is 10.3. The zero-order chi connectivity index (χ0) is 14.9. The molecule has 0 fully saturated rings. The third-order valence-corrected chi connectivity index (χ3v) is 2.60. The third-order valence-electron chi connectivity index (χ3n) is 2.60. The summed E-state index contributed by atoms with van der Waals surface area (Å²) < 4.78 is 4.81. The molecule has 0 aliphatic rings. The van der Waals surface area contributed by atoms with Crippen LogP contribution in [-0.2, 0) is 4.74 Å². The van der Waals surface area contributed by atoms with Crippen molar-refractivity contribution in [3.63, 3.8) is 0 Å². The van der Waals surface area contributed by atoms with Crippen LogP contribution in [0, 0.1) is 0 Å². The maximum atomic E-state index is 11.4. The van der Waals surface area contributed by atoms with Crippen molar-refractivity contribution in [1.29, 1.82) is 0 Å². The van der Waals surface area contributed by atoms with Crippen LogP contribution in [0.25, 0.3) is 0 Å². The van der Waals surface area contributed by atoms with Crippen LogP contribution in [0.2, 0.25) is 0 Å². The van der Waals surface area contributed by atoms with Crippen LogP contribution in [0.4, 0.5) is 10.5 Å². The number of amides is 1. The number of amidine groups is 1. The summed E-state index contributed by atoms with van der Waals surface area (Å²) in [5, 5.41) is 0. The summed E-state index contributed by atoms with van der Waals surface area (Å²) in [4.78, 5) is 15.9. The van der Waals surface area contributed by atoms with Crippen LogP contribution < -0.4 is 10.9 Å². The average Bonchev–Trinajstić information content (AvgIpc) is 2.53. The van der Waals surface area contributed by atoms with E-state index >= 15 is 0 Å². The van der Waals surface area contributed by atoms with Gasteiger partial charge < -0.3 is 4.74 Å². The van der Waals surface area contributed by atoms with E-state index in [-0.39, 0.29) is 0 Å². The molecule has 0 saturated carbocycles. The zero-order valence-corrected chi connectivity index (χ0v) is 11.7. The molecule has 0 atom stereocenters. The largest absolute Gasteiger partial charge is 0.449 e. The van der Waals surface area contributed by atoms with Gasteiger partial charge in [0.2, 0.25) is 0 Å². The first kappa shape index (κ1) is 14.6. The van der Waals surface area contributed by atoms with E-state index in [0.29, 0.717) is 12.4 Å². The highest BCUT2D eigenvalue weighted by molar-refractivity contribution is 6.00. The van der Waals surface area contributed by atoms with Gasteiger partial charge in [-0.2, -0.15) is 0 Å². The number of benzene rings is 2. The van der Waals surface area contributed by atoms with Gasteiger partial charge in [0.25, 0.3) is 0 Å². The zero-order valence-electron chi connectivity index (χ0n) is 11.7. The second kappa shape index (κ2) is 7.69. The fourth-order valence-corrected chi connectivity index (χ4v) is 1.67. The molecule has 0 saturated heterocycles. The molecular formula is C16H17N3O2. The Kier molecular flexibility index (Phi) is 5.34. The molecule has 2 aromatic carbocycles. The van der Waals surface area contributed by atoms with Crippen LogP contribution in [0.5, 0.6) is 0 Å². The van der Waals surface area contributed by atoms with Gasteiger partial charge in [-0.05, 0) is 19.1 Å². The molecule has 0 unspecified atom stereocenters. The first-order valence-electron chi connectivity index (χ1n) is 6.67. The second-order valence-electron chi connectivity index (χ2n) is 4.13. The Bertz CT molecular complexity index is 597. The quantitative estimate of drug-likeness (QED) is 0.517. The number of hydrogen-bond donors (Lipinski definition) is 2. The van der Waals surface area contributed by atoms with E-state index in [0.717, 1.165) is 11.3 Å². The Balaban J connectivity index is 2.19. The molecule has 5 heteroatoms. The number of nitrogens with one attached hydrogen (secondary N) is 2. The van der Waals surface area contributed by atoms with Crippen molar-refractivity contribution in [2.45, 2.75) is 6.92 Å². The van der Waals surface area contributed by atoms with Gasteiger partial charge in [-0.1, -0.05) is 48.5 Å². The maximum Gasteiger partial charge on any atom is 0.425 e. The number of nitrogens with zero attached hydrogens (tertiary/aromatic N) is 1. The van der Waals surface area contributed by atoms with Crippen LogP contribution in [0.3, 0.4) is 0 Å². The molecule has 0 radical (unpaired) electrons. The minimum Gasteiger partial charge on any atom is -0.449 e. The predicted octanol–water partition coefficient (Wildman–Crippen LogP) is 3.02. The molecule has 0 aliphatic heterocycles. The summed E-state index contributed by atoms with van der Waals surface area (Å²) in [6, 6.07) is 19.0. The monoisotopic (exact) mass is 283 g/mol. The molecule has 0 aliphatic carbocycles. The van der Waals surface area contributed by atoms with Crippen LogP contribution in [0.1, 0.15) is 12.5 Å². The van der Waals surface area contributed by atoms with Gasteiger partial charge in [0.1, 0.15) is 0 Å². The Morgan fingerprint density at radius 1 is 1.00 bits per heavy atom. The number of hydrazine groups is 1. The Morgan fingerprint density at radius 3 is 2.24 bits per heavy atom. The van der Waals surface area contributed by atoms with Gasteiger partial charge in [-0.3, -0.25) is 5.43 Å². The van der Waals surface area contributed by atoms with Crippen molar-refractivity contribution in [3.05, 3.63) is 66.2 Å². The lowest BCUT2D eigenvalue weighted by Crippen LogP contribution is -2.42. The molecule has 0 heterocycles. The standard InChI is InChI=1S/C16H17N3O2/c1-2-21-16(20)19-18-15(13-9-5-3-6-10-13)17-14-11-7-4-8-12-14/h3-12H,2H2,1H3,(H,17,18)(H,19,20). The Labute approximate surface area is 123 Å². The number of ether oxygens (including phenoxy) is 1. The molecule has 0 aromatic heterocycles. The molecule has 2 rings (SSSR count).